The quantitative estimate of drug-likeness (QED) is 0.653. The van der Waals surface area contributed by atoms with E-state index in [1.807, 2.05) is 49.4 Å². The van der Waals surface area contributed by atoms with E-state index in [0.29, 0.717) is 8.60 Å². The van der Waals surface area contributed by atoms with E-state index >= 15 is 0 Å². The Bertz CT molecular complexity index is 588. The van der Waals surface area contributed by atoms with Crippen molar-refractivity contribution in [2.45, 2.75) is 20.3 Å². The van der Waals surface area contributed by atoms with Gasteiger partial charge in [0, 0.05) is 0 Å². The second kappa shape index (κ2) is 7.99. The lowest BCUT2D eigenvalue weighted by Crippen LogP contribution is -1.80. The van der Waals surface area contributed by atoms with Gasteiger partial charge in [-0.05, 0) is 48.7 Å². The smallest absolute Gasteiger partial charge is 0.249 e. The van der Waals surface area contributed by atoms with Gasteiger partial charge in [0.15, 0.2) is 0 Å². The van der Waals surface area contributed by atoms with Crippen LogP contribution in [-0.2, 0) is 6.42 Å². The average Bonchev–Trinajstić information content (AvgIpc) is 2.47. The van der Waals surface area contributed by atoms with Crippen LogP contribution in [0.1, 0.15) is 18.1 Å². The molecule has 0 bridgehead atoms. The summed E-state index contributed by atoms with van der Waals surface area (Å²) in [5.41, 5.74) is 2.44. The van der Waals surface area contributed by atoms with Crippen LogP contribution in [0.5, 0.6) is 11.5 Å². The van der Waals surface area contributed by atoms with Crippen molar-refractivity contribution in [1.29, 1.82) is 0 Å². The molecule has 5 heteroatoms. The third kappa shape index (κ3) is 4.92. The number of aryl methyl sites for hydroxylation is 2. The van der Waals surface area contributed by atoms with Gasteiger partial charge in [0.1, 0.15) is 11.5 Å². The molecule has 0 aliphatic carbocycles. The van der Waals surface area contributed by atoms with Gasteiger partial charge in [0.25, 0.3) is 0 Å². The molecule has 1 atom stereocenters. The van der Waals surface area contributed by atoms with Crippen molar-refractivity contribution in [3.63, 3.8) is 0 Å². The number of nitrogens with zero attached hydrogens (tertiary/aromatic N) is 1. The zero-order chi connectivity index (χ0) is 14.2. The summed E-state index contributed by atoms with van der Waals surface area (Å²) in [5, 5.41) is 0. The van der Waals surface area contributed by atoms with Crippen molar-refractivity contribution in [1.82, 2.24) is 0 Å². The van der Waals surface area contributed by atoms with Gasteiger partial charge >= 0.3 is 0 Å². The molecule has 104 valence electrons. The predicted octanol–water partition coefficient (Wildman–Crippen LogP) is 5.57. The van der Waals surface area contributed by atoms with Crippen LogP contribution in [0, 0.1) is 6.92 Å². The molecule has 0 saturated heterocycles. The van der Waals surface area contributed by atoms with E-state index in [2.05, 4.69) is 17.5 Å². The highest BCUT2D eigenvalue weighted by Crippen LogP contribution is 2.27. The first-order valence-corrected chi connectivity index (χ1v) is 8.04. The lowest BCUT2D eigenvalue weighted by molar-refractivity contribution is 0.626. The topological polar surface area (TPSA) is 30.8 Å². The molecule has 0 fully saturated rings. The Morgan fingerprint density at radius 1 is 1.10 bits per heavy atom. The summed E-state index contributed by atoms with van der Waals surface area (Å²) >= 11 is 0. The molecule has 1 unspecified atom stereocenters. The fraction of sp³-hybridized carbons (Fsp3) is 0.200. The molecule has 3 nitrogen and oxygen atoms in total. The van der Waals surface area contributed by atoms with Crippen molar-refractivity contribution in [3.8, 4) is 11.5 Å². The van der Waals surface area contributed by atoms with Crippen molar-refractivity contribution in [2.75, 3.05) is 0 Å². The maximum Gasteiger partial charge on any atom is 0.249 e. The Morgan fingerprint density at radius 2 is 1.90 bits per heavy atom. The van der Waals surface area contributed by atoms with Crippen LogP contribution in [0.4, 0.5) is 0 Å². The highest BCUT2D eigenvalue weighted by atomic mass is 31.1. The summed E-state index contributed by atoms with van der Waals surface area (Å²) in [4.78, 5) is 0. The third-order valence-corrected chi connectivity index (χ3v) is 3.96. The number of hydrogen-bond donors (Lipinski definition) is 0. The van der Waals surface area contributed by atoms with Gasteiger partial charge in [-0.2, -0.15) is 4.52 Å². The number of hydrogen-bond acceptors (Lipinski definition) is 3. The Morgan fingerprint density at radius 3 is 2.70 bits per heavy atom. The van der Waals surface area contributed by atoms with E-state index in [9.17, 15) is 0 Å². The number of rotatable bonds is 6. The zero-order valence-electron chi connectivity index (χ0n) is 11.5. The highest BCUT2D eigenvalue weighted by molar-refractivity contribution is 7.39. The monoisotopic (exact) mass is 305 g/mol. The Kier molecular flexibility index (Phi) is 5.98. The summed E-state index contributed by atoms with van der Waals surface area (Å²) < 4.78 is 15.3. The highest BCUT2D eigenvalue weighted by Gasteiger charge is 1.95. The largest absolute Gasteiger partial charge is 0.454 e. The number of benzene rings is 2. The van der Waals surface area contributed by atoms with Gasteiger partial charge in [0.2, 0.25) is 17.6 Å². The SMILES string of the molecule is CCc1cccc(OP=NPOc2cccc(C)c2)c1. The van der Waals surface area contributed by atoms with E-state index in [-0.39, 0.29) is 8.96 Å². The maximum atomic E-state index is 5.54. The van der Waals surface area contributed by atoms with E-state index in [1.54, 1.807) is 0 Å². The standard InChI is InChI=1S/C15H17NO2P2/c1-3-13-7-5-9-15(11-13)18-20-16-19-17-14-8-4-6-12(2)10-14/h4-11,19H,3H2,1-2H3. The molecule has 0 aliphatic rings. The molecule has 20 heavy (non-hydrogen) atoms. The van der Waals surface area contributed by atoms with Crippen LogP contribution in [0.25, 0.3) is 0 Å². The van der Waals surface area contributed by atoms with Crippen molar-refractivity contribution >= 4 is 17.6 Å². The van der Waals surface area contributed by atoms with Gasteiger partial charge in [-0.15, -0.1) is 0 Å². The minimum Gasteiger partial charge on any atom is -0.454 e. The zero-order valence-corrected chi connectivity index (χ0v) is 13.4. The first-order valence-electron chi connectivity index (χ1n) is 6.42. The second-order valence-electron chi connectivity index (χ2n) is 4.28. The molecule has 0 saturated carbocycles. The van der Waals surface area contributed by atoms with Gasteiger partial charge in [-0.25, -0.2) is 0 Å². The van der Waals surface area contributed by atoms with Crippen molar-refractivity contribution in [2.24, 2.45) is 4.52 Å². The summed E-state index contributed by atoms with van der Waals surface area (Å²) in [6, 6.07) is 16.0. The minimum atomic E-state index is 0.0429. The van der Waals surface area contributed by atoms with E-state index < -0.39 is 0 Å². The molecule has 0 aliphatic heterocycles. The molecular formula is C15H17NO2P2. The van der Waals surface area contributed by atoms with Crippen molar-refractivity contribution < 1.29 is 9.05 Å². The van der Waals surface area contributed by atoms with Crippen molar-refractivity contribution in [3.05, 3.63) is 59.7 Å². The fourth-order valence-electron chi connectivity index (χ4n) is 1.66. The molecule has 0 amide bonds. The van der Waals surface area contributed by atoms with Gasteiger partial charge < -0.3 is 9.05 Å². The molecule has 0 aromatic heterocycles. The first kappa shape index (κ1) is 15.0. The third-order valence-electron chi connectivity index (χ3n) is 2.69. The van der Waals surface area contributed by atoms with Crippen LogP contribution in [0.15, 0.2) is 53.0 Å². The molecule has 0 N–H and O–H groups in total. The molecule has 0 spiro atoms. The molecule has 2 aromatic rings. The molecular weight excluding hydrogens is 288 g/mol. The van der Waals surface area contributed by atoms with E-state index in [0.717, 1.165) is 17.9 Å². The maximum absolute atomic E-state index is 5.54. The summed E-state index contributed by atoms with van der Waals surface area (Å²) in [6.45, 7) is 4.16. The minimum absolute atomic E-state index is 0.0429. The normalized spacial score (nSPS) is 11.3. The average molecular weight is 305 g/mol. The van der Waals surface area contributed by atoms with Crippen LogP contribution in [-0.4, -0.2) is 0 Å². The fourth-order valence-corrected chi connectivity index (χ4v) is 2.56. The summed E-state index contributed by atoms with van der Waals surface area (Å²) in [5.74, 6) is 1.69. The van der Waals surface area contributed by atoms with E-state index in [4.69, 9.17) is 9.05 Å². The lowest BCUT2D eigenvalue weighted by Gasteiger charge is -2.02. The van der Waals surface area contributed by atoms with Crippen LogP contribution < -0.4 is 9.05 Å². The molecule has 0 heterocycles. The molecule has 0 radical (unpaired) electrons. The second-order valence-corrected chi connectivity index (χ2v) is 5.82. The first-order chi connectivity index (χ1) is 9.78. The van der Waals surface area contributed by atoms with Gasteiger partial charge in [-0.1, -0.05) is 31.2 Å². The Balaban J connectivity index is 1.79. The summed E-state index contributed by atoms with van der Waals surface area (Å²) in [7, 11) is 0.608. The molecule has 2 rings (SSSR count). The predicted molar refractivity (Wildman–Crippen MR) is 85.9 cm³/mol. The summed E-state index contributed by atoms with van der Waals surface area (Å²) in [6.07, 6.45) is 1.00. The van der Waals surface area contributed by atoms with Crippen LogP contribution >= 0.6 is 17.6 Å². The van der Waals surface area contributed by atoms with E-state index in [1.165, 1.54) is 11.1 Å². The van der Waals surface area contributed by atoms with Crippen LogP contribution in [0.2, 0.25) is 0 Å². The van der Waals surface area contributed by atoms with Crippen LogP contribution in [0.3, 0.4) is 0 Å². The Labute approximate surface area is 123 Å². The van der Waals surface area contributed by atoms with Gasteiger partial charge in [0.05, 0.1) is 0 Å². The lowest BCUT2D eigenvalue weighted by atomic mass is 10.2. The van der Waals surface area contributed by atoms with Gasteiger partial charge in [-0.3, -0.25) is 0 Å². The molecule has 2 aromatic carbocycles. The Hall–Kier alpha value is -1.43.